The fourth-order valence-corrected chi connectivity index (χ4v) is 2.12. The highest BCUT2D eigenvalue weighted by atomic mass is 79.9. The van der Waals surface area contributed by atoms with Crippen LogP contribution in [-0.4, -0.2) is 22.8 Å². The van der Waals surface area contributed by atoms with Crippen molar-refractivity contribution in [1.82, 2.24) is 9.88 Å². The summed E-state index contributed by atoms with van der Waals surface area (Å²) < 4.78 is 14.4. The highest BCUT2D eigenvalue weighted by molar-refractivity contribution is 9.10. The molecule has 0 unspecified atom stereocenters. The van der Waals surface area contributed by atoms with Crippen LogP contribution >= 0.6 is 15.9 Å². The number of hydrogen-bond donors (Lipinski definition) is 0. The summed E-state index contributed by atoms with van der Waals surface area (Å²) in [5.74, 6) is -1.13. The van der Waals surface area contributed by atoms with Crippen molar-refractivity contribution in [1.29, 1.82) is 0 Å². The number of carbonyl (C=O) groups is 1. The Hall–Kier alpha value is -1.75. The van der Waals surface area contributed by atoms with Gasteiger partial charge in [0.1, 0.15) is 0 Å². The van der Waals surface area contributed by atoms with Gasteiger partial charge in [0, 0.05) is 24.3 Å². The largest absolute Gasteiger partial charge is 0.337 e. The first-order valence-corrected chi connectivity index (χ1v) is 6.48. The lowest BCUT2D eigenvalue weighted by Gasteiger charge is -2.18. The predicted octanol–water partition coefficient (Wildman–Crippen LogP) is 3.26. The van der Waals surface area contributed by atoms with E-state index in [0.29, 0.717) is 6.54 Å². The second kappa shape index (κ2) is 5.93. The number of aromatic nitrogens is 1. The van der Waals surface area contributed by atoms with Crippen molar-refractivity contribution >= 4 is 21.8 Å². The molecule has 2 rings (SSSR count). The third-order valence-electron chi connectivity index (χ3n) is 2.70. The Morgan fingerprint density at radius 1 is 1.32 bits per heavy atom. The van der Waals surface area contributed by atoms with Crippen LogP contribution in [0.1, 0.15) is 15.9 Å². The summed E-state index contributed by atoms with van der Waals surface area (Å²) in [6.45, 7) is 0.397. The van der Waals surface area contributed by atoms with Crippen LogP contribution < -0.4 is 0 Å². The summed E-state index contributed by atoms with van der Waals surface area (Å²) in [6, 6.07) is 10.6. The van der Waals surface area contributed by atoms with Gasteiger partial charge in [-0.05, 0) is 23.8 Å². The van der Waals surface area contributed by atoms with Crippen LogP contribution in [0.4, 0.5) is 4.39 Å². The molecule has 0 N–H and O–H groups in total. The topological polar surface area (TPSA) is 33.2 Å². The third kappa shape index (κ3) is 3.17. The van der Waals surface area contributed by atoms with Crippen LogP contribution in [0.3, 0.4) is 0 Å². The van der Waals surface area contributed by atoms with Crippen LogP contribution in [0.25, 0.3) is 0 Å². The van der Waals surface area contributed by atoms with E-state index in [1.54, 1.807) is 13.1 Å². The molecule has 0 aliphatic carbocycles. The monoisotopic (exact) mass is 322 g/mol. The number of carbonyl (C=O) groups excluding carboxylic acids is 1. The van der Waals surface area contributed by atoms with Crippen molar-refractivity contribution in [2.24, 2.45) is 0 Å². The number of amides is 1. The van der Waals surface area contributed by atoms with Crippen LogP contribution in [0.15, 0.2) is 47.1 Å². The molecule has 0 fully saturated rings. The molecular weight excluding hydrogens is 311 g/mol. The number of rotatable bonds is 3. The minimum absolute atomic E-state index is 0.0166. The average Bonchev–Trinajstić information content (AvgIpc) is 2.41. The molecule has 0 saturated carbocycles. The van der Waals surface area contributed by atoms with Crippen LogP contribution in [0, 0.1) is 5.95 Å². The molecule has 0 aliphatic heterocycles. The summed E-state index contributed by atoms with van der Waals surface area (Å²) in [7, 11) is 1.63. The zero-order valence-corrected chi connectivity index (χ0v) is 11.9. The lowest BCUT2D eigenvalue weighted by molar-refractivity contribution is 0.0779. The molecule has 98 valence electrons. The Bertz CT molecular complexity index is 604. The van der Waals surface area contributed by atoms with Crippen molar-refractivity contribution < 1.29 is 9.18 Å². The molecule has 1 aromatic carbocycles. The van der Waals surface area contributed by atoms with Gasteiger partial charge in [-0.2, -0.15) is 4.39 Å². The normalized spacial score (nSPS) is 10.3. The zero-order valence-electron chi connectivity index (χ0n) is 10.3. The maximum atomic E-state index is 13.5. The molecule has 0 saturated heterocycles. The molecular formula is C14H12BrFN2O. The van der Waals surface area contributed by atoms with E-state index in [1.807, 2.05) is 24.3 Å². The first-order chi connectivity index (χ1) is 9.09. The Labute approximate surface area is 119 Å². The standard InChI is InChI=1S/C14H12BrFN2O/c1-18(9-10-5-2-3-7-12(10)15)14(19)11-6-4-8-17-13(11)16/h2-8H,9H2,1H3. The molecule has 2 aromatic rings. The summed E-state index contributed by atoms with van der Waals surface area (Å²) in [4.78, 5) is 17.1. The number of benzene rings is 1. The van der Waals surface area contributed by atoms with E-state index in [2.05, 4.69) is 20.9 Å². The lowest BCUT2D eigenvalue weighted by atomic mass is 10.2. The van der Waals surface area contributed by atoms with E-state index in [0.717, 1.165) is 10.0 Å². The number of hydrogen-bond acceptors (Lipinski definition) is 2. The number of nitrogens with zero attached hydrogens (tertiary/aromatic N) is 2. The smallest absolute Gasteiger partial charge is 0.258 e. The molecule has 19 heavy (non-hydrogen) atoms. The summed E-state index contributed by atoms with van der Waals surface area (Å²) in [5, 5.41) is 0. The maximum Gasteiger partial charge on any atom is 0.258 e. The van der Waals surface area contributed by atoms with Crippen LogP contribution in [-0.2, 0) is 6.54 Å². The molecule has 1 heterocycles. The Morgan fingerprint density at radius 2 is 2.05 bits per heavy atom. The third-order valence-corrected chi connectivity index (χ3v) is 3.48. The van der Waals surface area contributed by atoms with Crippen molar-refractivity contribution in [2.75, 3.05) is 7.05 Å². The second-order valence-electron chi connectivity index (χ2n) is 4.09. The molecule has 0 bridgehead atoms. The van der Waals surface area contributed by atoms with E-state index in [-0.39, 0.29) is 11.5 Å². The number of halogens is 2. The van der Waals surface area contributed by atoms with Crippen molar-refractivity contribution in [3.05, 3.63) is 64.1 Å². The van der Waals surface area contributed by atoms with Gasteiger partial charge in [0.05, 0.1) is 5.56 Å². The van der Waals surface area contributed by atoms with E-state index < -0.39 is 5.95 Å². The summed E-state index contributed by atoms with van der Waals surface area (Å²) in [5.41, 5.74) is 0.944. The molecule has 0 spiro atoms. The van der Waals surface area contributed by atoms with Gasteiger partial charge in [0.25, 0.3) is 5.91 Å². The SMILES string of the molecule is CN(Cc1ccccc1Br)C(=O)c1cccnc1F. The van der Waals surface area contributed by atoms with Gasteiger partial charge in [0.15, 0.2) is 0 Å². The Balaban J connectivity index is 2.17. The zero-order chi connectivity index (χ0) is 13.8. The second-order valence-corrected chi connectivity index (χ2v) is 4.95. The van der Waals surface area contributed by atoms with Crippen LogP contribution in [0.2, 0.25) is 0 Å². The first kappa shape index (κ1) is 13.7. The van der Waals surface area contributed by atoms with E-state index in [9.17, 15) is 9.18 Å². The average molecular weight is 323 g/mol. The minimum Gasteiger partial charge on any atom is -0.337 e. The number of pyridine rings is 1. The van der Waals surface area contributed by atoms with Crippen molar-refractivity contribution in [3.63, 3.8) is 0 Å². The van der Waals surface area contributed by atoms with Gasteiger partial charge in [-0.3, -0.25) is 4.79 Å². The summed E-state index contributed by atoms with van der Waals surface area (Å²) >= 11 is 3.42. The van der Waals surface area contributed by atoms with E-state index in [4.69, 9.17) is 0 Å². The maximum absolute atomic E-state index is 13.5. The molecule has 0 aliphatic rings. The Kier molecular flexibility index (Phi) is 4.27. The predicted molar refractivity (Wildman–Crippen MR) is 74.1 cm³/mol. The van der Waals surface area contributed by atoms with Crippen molar-refractivity contribution in [3.8, 4) is 0 Å². The summed E-state index contributed by atoms with van der Waals surface area (Å²) in [6.07, 6.45) is 1.32. The fourth-order valence-electron chi connectivity index (χ4n) is 1.71. The van der Waals surface area contributed by atoms with Gasteiger partial charge in [-0.25, -0.2) is 4.98 Å². The molecule has 3 nitrogen and oxygen atoms in total. The molecule has 5 heteroatoms. The van der Waals surface area contributed by atoms with Gasteiger partial charge in [-0.15, -0.1) is 0 Å². The van der Waals surface area contributed by atoms with Gasteiger partial charge in [0.2, 0.25) is 5.95 Å². The molecule has 0 atom stereocenters. The molecule has 1 aromatic heterocycles. The quantitative estimate of drug-likeness (QED) is 0.813. The fraction of sp³-hybridized carbons (Fsp3) is 0.143. The van der Waals surface area contributed by atoms with E-state index in [1.165, 1.54) is 17.2 Å². The highest BCUT2D eigenvalue weighted by Gasteiger charge is 2.17. The minimum atomic E-state index is -0.744. The molecule has 1 amide bonds. The van der Waals surface area contributed by atoms with Gasteiger partial charge < -0.3 is 4.90 Å². The van der Waals surface area contributed by atoms with E-state index >= 15 is 0 Å². The highest BCUT2D eigenvalue weighted by Crippen LogP contribution is 2.18. The first-order valence-electron chi connectivity index (χ1n) is 5.69. The van der Waals surface area contributed by atoms with Crippen molar-refractivity contribution in [2.45, 2.75) is 6.54 Å². The molecule has 0 radical (unpaired) electrons. The van der Waals surface area contributed by atoms with Gasteiger partial charge in [-0.1, -0.05) is 34.1 Å². The van der Waals surface area contributed by atoms with Gasteiger partial charge >= 0.3 is 0 Å². The lowest BCUT2D eigenvalue weighted by Crippen LogP contribution is -2.27. The van der Waals surface area contributed by atoms with Crippen LogP contribution in [0.5, 0.6) is 0 Å². The Morgan fingerprint density at radius 3 is 2.74 bits per heavy atom.